The molecule has 0 amide bonds. The lowest BCUT2D eigenvalue weighted by molar-refractivity contribution is 0.183. The fourth-order valence-corrected chi connectivity index (χ4v) is 2.12. The van der Waals surface area contributed by atoms with Crippen molar-refractivity contribution in [1.82, 2.24) is 8.75 Å². The number of benzene rings is 1. The van der Waals surface area contributed by atoms with Crippen LogP contribution in [-0.4, -0.2) is 26.5 Å². The van der Waals surface area contributed by atoms with Gasteiger partial charge in [0.05, 0.1) is 28.5 Å². The quantitative estimate of drug-likeness (QED) is 0.884. The summed E-state index contributed by atoms with van der Waals surface area (Å²) >= 11 is 7.23. The van der Waals surface area contributed by atoms with Gasteiger partial charge in [-0.1, -0.05) is 18.5 Å². The molecule has 86 valence electrons. The molecule has 1 atom stereocenters. The minimum Gasteiger partial charge on any atom is -0.391 e. The first-order valence-corrected chi connectivity index (χ1v) is 6.16. The number of aliphatic hydroxyl groups is 1. The van der Waals surface area contributed by atoms with Crippen LogP contribution in [0.1, 0.15) is 13.3 Å². The first-order valence-electron chi connectivity index (χ1n) is 5.05. The van der Waals surface area contributed by atoms with E-state index in [1.54, 1.807) is 6.07 Å². The lowest BCUT2D eigenvalue weighted by Crippen LogP contribution is -2.18. The van der Waals surface area contributed by atoms with Gasteiger partial charge in [-0.25, -0.2) is 0 Å². The van der Waals surface area contributed by atoms with Gasteiger partial charge in [-0.05, 0) is 18.6 Å². The van der Waals surface area contributed by atoms with E-state index in [4.69, 9.17) is 11.6 Å². The molecule has 2 rings (SSSR count). The molecule has 0 radical (unpaired) electrons. The highest BCUT2D eigenvalue weighted by molar-refractivity contribution is 7.00. The zero-order valence-electron chi connectivity index (χ0n) is 8.77. The molecule has 1 aromatic carbocycles. The molecule has 2 N–H and O–H groups in total. The second kappa shape index (κ2) is 4.95. The molecular weight excluding hydrogens is 246 g/mol. The van der Waals surface area contributed by atoms with E-state index in [1.807, 2.05) is 13.0 Å². The van der Waals surface area contributed by atoms with E-state index < -0.39 is 0 Å². The van der Waals surface area contributed by atoms with Gasteiger partial charge in [-0.3, -0.25) is 0 Å². The average Bonchev–Trinajstić information content (AvgIpc) is 2.75. The van der Waals surface area contributed by atoms with Crippen LogP contribution in [0, 0.1) is 0 Å². The maximum absolute atomic E-state index is 9.49. The third-order valence-corrected chi connectivity index (χ3v) is 3.22. The maximum Gasteiger partial charge on any atom is 0.129 e. The average molecular weight is 258 g/mol. The van der Waals surface area contributed by atoms with E-state index in [0.717, 1.165) is 28.4 Å². The van der Waals surface area contributed by atoms with Crippen LogP contribution in [0.3, 0.4) is 0 Å². The third kappa shape index (κ3) is 2.26. The van der Waals surface area contributed by atoms with Crippen molar-refractivity contribution in [2.24, 2.45) is 0 Å². The van der Waals surface area contributed by atoms with E-state index in [0.29, 0.717) is 18.0 Å². The monoisotopic (exact) mass is 257 g/mol. The predicted octanol–water partition coefficient (Wildman–Crippen LogP) is 2.53. The van der Waals surface area contributed by atoms with Crippen LogP contribution in [0.5, 0.6) is 0 Å². The molecule has 0 bridgehead atoms. The summed E-state index contributed by atoms with van der Waals surface area (Å²) in [5.74, 6) is 0. The lowest BCUT2D eigenvalue weighted by atomic mass is 10.2. The van der Waals surface area contributed by atoms with E-state index in [1.165, 1.54) is 0 Å². The maximum atomic E-state index is 9.49. The molecule has 1 aromatic heterocycles. The van der Waals surface area contributed by atoms with Crippen LogP contribution >= 0.6 is 23.3 Å². The predicted molar refractivity (Wildman–Crippen MR) is 67.2 cm³/mol. The number of hydrogen-bond acceptors (Lipinski definition) is 5. The molecule has 0 spiro atoms. The number of nitrogens with zero attached hydrogens (tertiary/aromatic N) is 2. The molecule has 0 fully saturated rings. The zero-order valence-corrected chi connectivity index (χ0v) is 10.3. The number of aromatic nitrogens is 2. The summed E-state index contributed by atoms with van der Waals surface area (Å²) in [6.07, 6.45) is 0.327. The number of rotatable bonds is 4. The van der Waals surface area contributed by atoms with Crippen LogP contribution in [0.25, 0.3) is 11.0 Å². The van der Waals surface area contributed by atoms with Crippen molar-refractivity contribution in [2.45, 2.75) is 19.4 Å². The molecule has 2 aromatic rings. The van der Waals surface area contributed by atoms with Gasteiger partial charge in [-0.15, -0.1) is 0 Å². The summed E-state index contributed by atoms with van der Waals surface area (Å²) in [6, 6.07) is 3.62. The summed E-state index contributed by atoms with van der Waals surface area (Å²) in [6.45, 7) is 2.39. The first-order chi connectivity index (χ1) is 7.72. The molecule has 16 heavy (non-hydrogen) atoms. The smallest absolute Gasteiger partial charge is 0.129 e. The Kier molecular flexibility index (Phi) is 3.58. The molecule has 0 aliphatic carbocycles. The van der Waals surface area contributed by atoms with Gasteiger partial charge in [0.25, 0.3) is 0 Å². The Balaban J connectivity index is 2.27. The van der Waals surface area contributed by atoms with Crippen LogP contribution in [0.4, 0.5) is 5.69 Å². The topological polar surface area (TPSA) is 58.0 Å². The molecule has 1 unspecified atom stereocenters. The highest BCUT2D eigenvalue weighted by Crippen LogP contribution is 2.29. The molecule has 0 aliphatic rings. The highest BCUT2D eigenvalue weighted by Gasteiger charge is 2.10. The SMILES string of the molecule is CCC(O)CNc1c(Cl)ccc2nsnc12. The Bertz CT molecular complexity index is 488. The van der Waals surface area contributed by atoms with Gasteiger partial charge < -0.3 is 10.4 Å². The van der Waals surface area contributed by atoms with Gasteiger partial charge in [0.2, 0.25) is 0 Å². The van der Waals surface area contributed by atoms with Crippen molar-refractivity contribution in [3.63, 3.8) is 0 Å². The Hall–Kier alpha value is -0.910. The number of fused-ring (bicyclic) bond motifs is 1. The second-order valence-corrected chi connectivity index (χ2v) is 4.43. The normalized spacial score (nSPS) is 12.9. The van der Waals surface area contributed by atoms with Gasteiger partial charge in [0.15, 0.2) is 0 Å². The standard InChI is InChI=1S/C10H12ClN3OS/c1-2-6(15)5-12-9-7(11)3-4-8-10(9)14-16-13-8/h3-4,6,12,15H,2,5H2,1H3. The third-order valence-electron chi connectivity index (χ3n) is 2.36. The minimum absolute atomic E-state index is 0.377. The molecule has 0 aliphatic heterocycles. The molecule has 4 nitrogen and oxygen atoms in total. The number of aliphatic hydroxyl groups excluding tert-OH is 1. The number of hydrogen-bond donors (Lipinski definition) is 2. The summed E-state index contributed by atoms with van der Waals surface area (Å²) < 4.78 is 8.32. The lowest BCUT2D eigenvalue weighted by Gasteiger charge is -2.12. The van der Waals surface area contributed by atoms with Crippen LogP contribution in [-0.2, 0) is 0 Å². The van der Waals surface area contributed by atoms with Gasteiger partial charge in [0.1, 0.15) is 11.0 Å². The van der Waals surface area contributed by atoms with E-state index in [-0.39, 0.29) is 6.10 Å². The van der Waals surface area contributed by atoms with Crippen molar-refractivity contribution < 1.29 is 5.11 Å². The minimum atomic E-state index is -0.377. The number of halogens is 1. The Labute approximate surface area is 103 Å². The Morgan fingerprint density at radius 2 is 2.31 bits per heavy atom. The van der Waals surface area contributed by atoms with Crippen molar-refractivity contribution in [1.29, 1.82) is 0 Å². The van der Waals surface area contributed by atoms with Crippen molar-refractivity contribution in [2.75, 3.05) is 11.9 Å². The van der Waals surface area contributed by atoms with Crippen LogP contribution in [0.15, 0.2) is 12.1 Å². The molecule has 0 saturated carbocycles. The molecule has 0 saturated heterocycles. The molecule has 6 heteroatoms. The summed E-state index contributed by atoms with van der Waals surface area (Å²) in [5.41, 5.74) is 2.34. The first kappa shape index (κ1) is 11.6. The van der Waals surface area contributed by atoms with E-state index >= 15 is 0 Å². The zero-order chi connectivity index (χ0) is 11.5. The second-order valence-electron chi connectivity index (χ2n) is 3.50. The van der Waals surface area contributed by atoms with Crippen molar-refractivity contribution in [3.8, 4) is 0 Å². The van der Waals surface area contributed by atoms with E-state index in [9.17, 15) is 5.11 Å². The fourth-order valence-electron chi connectivity index (χ4n) is 1.36. The fraction of sp³-hybridized carbons (Fsp3) is 0.400. The summed E-state index contributed by atoms with van der Waals surface area (Å²) in [4.78, 5) is 0. The summed E-state index contributed by atoms with van der Waals surface area (Å²) in [7, 11) is 0. The Morgan fingerprint density at radius 1 is 1.50 bits per heavy atom. The number of nitrogens with one attached hydrogen (secondary N) is 1. The van der Waals surface area contributed by atoms with Gasteiger partial charge in [0, 0.05) is 6.54 Å². The molecular formula is C10H12ClN3OS. The molecule has 1 heterocycles. The van der Waals surface area contributed by atoms with E-state index in [2.05, 4.69) is 14.1 Å². The van der Waals surface area contributed by atoms with Crippen LogP contribution < -0.4 is 5.32 Å². The largest absolute Gasteiger partial charge is 0.391 e. The van der Waals surface area contributed by atoms with Gasteiger partial charge >= 0.3 is 0 Å². The van der Waals surface area contributed by atoms with Gasteiger partial charge in [-0.2, -0.15) is 8.75 Å². The highest BCUT2D eigenvalue weighted by atomic mass is 35.5. The van der Waals surface area contributed by atoms with Crippen molar-refractivity contribution in [3.05, 3.63) is 17.2 Å². The Morgan fingerprint density at radius 3 is 3.06 bits per heavy atom. The van der Waals surface area contributed by atoms with Crippen LogP contribution in [0.2, 0.25) is 5.02 Å². The number of anilines is 1. The summed E-state index contributed by atoms with van der Waals surface area (Å²) in [5, 5.41) is 13.2. The van der Waals surface area contributed by atoms with Crippen molar-refractivity contribution >= 4 is 40.0 Å².